The fourth-order valence-electron chi connectivity index (χ4n) is 4.25. The van der Waals surface area contributed by atoms with Crippen LogP contribution in [0.4, 0.5) is 0 Å². The van der Waals surface area contributed by atoms with Crippen LogP contribution in [0, 0.1) is 0 Å². The third-order valence-corrected chi connectivity index (χ3v) is 5.40. The lowest BCUT2D eigenvalue weighted by atomic mass is 9.85. The summed E-state index contributed by atoms with van der Waals surface area (Å²) in [5, 5.41) is 0. The van der Waals surface area contributed by atoms with Gasteiger partial charge in [0.05, 0.1) is 0 Å². The minimum atomic E-state index is 0.834. The fourth-order valence-corrected chi connectivity index (χ4v) is 4.25. The van der Waals surface area contributed by atoms with Crippen LogP contribution >= 0.6 is 0 Å². The monoisotopic (exact) mass is 303 g/mol. The number of hydrogen-bond acceptors (Lipinski definition) is 1. The third kappa shape index (κ3) is 3.11. The standard InChI is InChI=1S/C22H25N/c1-3-9-18(10-4-1)22(19-11-5-2-6-12-19)20-14-15-21-13-7-8-16-23(21)17-20/h1-6,9-12,21H,7-8,13-17H2. The van der Waals surface area contributed by atoms with Crippen LogP contribution in [0.1, 0.15) is 43.2 Å². The maximum Gasteiger partial charge on any atom is 0.0205 e. The van der Waals surface area contributed by atoms with E-state index in [2.05, 4.69) is 65.6 Å². The average Bonchev–Trinajstić information content (AvgIpc) is 2.64. The Balaban J connectivity index is 1.75. The zero-order valence-electron chi connectivity index (χ0n) is 13.7. The van der Waals surface area contributed by atoms with Crippen LogP contribution in [0.25, 0.3) is 5.57 Å². The van der Waals surface area contributed by atoms with Crippen molar-refractivity contribution >= 4 is 5.57 Å². The summed E-state index contributed by atoms with van der Waals surface area (Å²) in [7, 11) is 0. The van der Waals surface area contributed by atoms with Crippen molar-refractivity contribution in [3.8, 4) is 0 Å². The molecule has 2 aromatic carbocycles. The van der Waals surface area contributed by atoms with Crippen molar-refractivity contribution in [3.05, 3.63) is 77.4 Å². The van der Waals surface area contributed by atoms with Gasteiger partial charge < -0.3 is 0 Å². The van der Waals surface area contributed by atoms with Gasteiger partial charge in [-0.05, 0) is 54.5 Å². The number of nitrogens with zero attached hydrogens (tertiary/aromatic N) is 1. The highest BCUT2D eigenvalue weighted by Crippen LogP contribution is 2.35. The van der Waals surface area contributed by atoms with Gasteiger partial charge in [0, 0.05) is 12.6 Å². The van der Waals surface area contributed by atoms with Gasteiger partial charge in [-0.1, -0.05) is 67.1 Å². The topological polar surface area (TPSA) is 3.24 Å². The largest absolute Gasteiger partial charge is 0.296 e. The summed E-state index contributed by atoms with van der Waals surface area (Å²) in [4.78, 5) is 2.73. The minimum absolute atomic E-state index is 0.834. The molecule has 2 aromatic rings. The maximum absolute atomic E-state index is 2.73. The van der Waals surface area contributed by atoms with Gasteiger partial charge in [0.2, 0.25) is 0 Å². The van der Waals surface area contributed by atoms with Crippen LogP contribution in [-0.2, 0) is 0 Å². The molecule has 0 saturated carbocycles. The predicted octanol–water partition coefficient (Wildman–Crippen LogP) is 5.14. The molecule has 23 heavy (non-hydrogen) atoms. The number of benzene rings is 2. The Hall–Kier alpha value is -1.86. The molecule has 0 amide bonds. The highest BCUT2D eigenvalue weighted by Gasteiger charge is 2.28. The first-order valence-electron chi connectivity index (χ1n) is 8.99. The molecular formula is C22H25N. The van der Waals surface area contributed by atoms with Crippen molar-refractivity contribution in [2.45, 2.75) is 38.1 Å². The van der Waals surface area contributed by atoms with Crippen LogP contribution in [0.15, 0.2) is 66.2 Å². The smallest absolute Gasteiger partial charge is 0.0205 e. The Labute approximate surface area is 139 Å². The molecule has 2 saturated heterocycles. The first-order valence-corrected chi connectivity index (χ1v) is 8.99. The Morgan fingerprint density at radius 1 is 0.783 bits per heavy atom. The van der Waals surface area contributed by atoms with Crippen LogP contribution < -0.4 is 0 Å². The molecule has 0 bridgehead atoms. The molecular weight excluding hydrogens is 278 g/mol. The maximum atomic E-state index is 2.73. The molecule has 0 radical (unpaired) electrons. The van der Waals surface area contributed by atoms with Crippen molar-refractivity contribution in [2.24, 2.45) is 0 Å². The summed E-state index contributed by atoms with van der Waals surface area (Å²) in [5.41, 5.74) is 5.82. The molecule has 2 heterocycles. The second-order valence-electron chi connectivity index (χ2n) is 6.87. The van der Waals surface area contributed by atoms with Crippen LogP contribution in [0.3, 0.4) is 0 Å². The zero-order valence-corrected chi connectivity index (χ0v) is 13.7. The number of piperidine rings is 2. The molecule has 0 spiro atoms. The van der Waals surface area contributed by atoms with E-state index >= 15 is 0 Å². The first-order chi connectivity index (χ1) is 11.4. The average molecular weight is 303 g/mol. The van der Waals surface area contributed by atoms with Crippen LogP contribution in [0.2, 0.25) is 0 Å². The Morgan fingerprint density at radius 3 is 2.09 bits per heavy atom. The van der Waals surface area contributed by atoms with Crippen molar-refractivity contribution in [3.63, 3.8) is 0 Å². The Morgan fingerprint density at radius 2 is 1.43 bits per heavy atom. The molecule has 2 fully saturated rings. The zero-order chi connectivity index (χ0) is 15.5. The van der Waals surface area contributed by atoms with Crippen molar-refractivity contribution in [1.29, 1.82) is 0 Å². The number of rotatable bonds is 2. The van der Waals surface area contributed by atoms with Crippen LogP contribution in [0.5, 0.6) is 0 Å². The molecule has 2 aliphatic rings. The van der Waals surface area contributed by atoms with E-state index in [1.807, 2.05) is 0 Å². The van der Waals surface area contributed by atoms with Gasteiger partial charge in [0.15, 0.2) is 0 Å². The van der Waals surface area contributed by atoms with Crippen molar-refractivity contribution < 1.29 is 0 Å². The van der Waals surface area contributed by atoms with Crippen LogP contribution in [-0.4, -0.2) is 24.0 Å². The third-order valence-electron chi connectivity index (χ3n) is 5.40. The van der Waals surface area contributed by atoms with E-state index in [0.29, 0.717) is 0 Å². The molecule has 1 atom stereocenters. The van der Waals surface area contributed by atoms with E-state index in [9.17, 15) is 0 Å². The predicted molar refractivity (Wildman–Crippen MR) is 97.4 cm³/mol. The van der Waals surface area contributed by atoms with Gasteiger partial charge in [-0.3, -0.25) is 4.90 Å². The van der Waals surface area contributed by atoms with E-state index < -0.39 is 0 Å². The van der Waals surface area contributed by atoms with E-state index in [0.717, 1.165) is 12.6 Å². The van der Waals surface area contributed by atoms with Gasteiger partial charge in [-0.2, -0.15) is 0 Å². The Kier molecular flexibility index (Phi) is 4.30. The molecule has 118 valence electrons. The minimum Gasteiger partial charge on any atom is -0.296 e. The molecule has 1 heteroatoms. The summed E-state index contributed by atoms with van der Waals surface area (Å²) in [5.74, 6) is 0. The highest BCUT2D eigenvalue weighted by molar-refractivity contribution is 5.82. The molecule has 2 aliphatic heterocycles. The van der Waals surface area contributed by atoms with E-state index in [1.165, 1.54) is 55.3 Å². The molecule has 4 rings (SSSR count). The quantitative estimate of drug-likeness (QED) is 0.743. The van der Waals surface area contributed by atoms with E-state index in [4.69, 9.17) is 0 Å². The van der Waals surface area contributed by atoms with Crippen molar-refractivity contribution in [1.82, 2.24) is 4.90 Å². The SMILES string of the molecule is c1ccc(C(=C2CCC3CCCCN3C2)c2ccccc2)cc1. The highest BCUT2D eigenvalue weighted by atomic mass is 15.2. The molecule has 0 aliphatic carbocycles. The lowest BCUT2D eigenvalue weighted by Crippen LogP contribution is -2.43. The van der Waals surface area contributed by atoms with Gasteiger partial charge in [-0.15, -0.1) is 0 Å². The van der Waals surface area contributed by atoms with Gasteiger partial charge in [0.1, 0.15) is 0 Å². The first kappa shape index (κ1) is 14.7. The molecule has 1 unspecified atom stereocenters. The lowest BCUT2D eigenvalue weighted by molar-refractivity contribution is 0.133. The molecule has 0 N–H and O–H groups in total. The van der Waals surface area contributed by atoms with Gasteiger partial charge in [-0.25, -0.2) is 0 Å². The van der Waals surface area contributed by atoms with E-state index in [1.54, 1.807) is 5.57 Å². The fraction of sp³-hybridized carbons (Fsp3) is 0.364. The summed E-state index contributed by atoms with van der Waals surface area (Å²) in [6.07, 6.45) is 6.78. The molecule has 1 nitrogen and oxygen atoms in total. The second kappa shape index (κ2) is 6.72. The number of fused-ring (bicyclic) bond motifs is 1. The number of hydrogen-bond donors (Lipinski definition) is 0. The summed E-state index contributed by atoms with van der Waals surface area (Å²) >= 11 is 0. The summed E-state index contributed by atoms with van der Waals surface area (Å²) < 4.78 is 0. The molecule has 0 aromatic heterocycles. The second-order valence-corrected chi connectivity index (χ2v) is 6.87. The van der Waals surface area contributed by atoms with Crippen molar-refractivity contribution in [2.75, 3.05) is 13.1 Å². The van der Waals surface area contributed by atoms with Gasteiger partial charge in [0.25, 0.3) is 0 Å². The lowest BCUT2D eigenvalue weighted by Gasteiger charge is -2.41. The van der Waals surface area contributed by atoms with Gasteiger partial charge >= 0.3 is 0 Å². The van der Waals surface area contributed by atoms with E-state index in [-0.39, 0.29) is 0 Å². The Bertz CT molecular complexity index is 630. The normalized spacial score (nSPS) is 21.7. The summed E-state index contributed by atoms with van der Waals surface area (Å²) in [6, 6.07) is 22.7. The summed E-state index contributed by atoms with van der Waals surface area (Å²) in [6.45, 7) is 2.44.